The molecule has 0 unspecified atom stereocenters. The van der Waals surface area contributed by atoms with Crippen molar-refractivity contribution < 1.29 is 13.2 Å². The standard InChI is InChI=1S/C16H19ClN2O3S2/c1-3-19(4-2)24(21,22)15-9-8-14(23-15)11-18-16(20)12-6-5-7-13(17)10-12/h5-10H,3-4,11H2,1-2H3,(H,18,20). The average Bonchev–Trinajstić information content (AvgIpc) is 3.03. The van der Waals surface area contributed by atoms with Gasteiger partial charge in [-0.25, -0.2) is 8.42 Å². The van der Waals surface area contributed by atoms with Gasteiger partial charge in [0.2, 0.25) is 0 Å². The molecule has 0 aliphatic carbocycles. The summed E-state index contributed by atoms with van der Waals surface area (Å²) in [6.45, 7) is 4.74. The second-order valence-electron chi connectivity index (χ2n) is 5.00. The number of nitrogens with zero attached hydrogens (tertiary/aromatic N) is 1. The van der Waals surface area contributed by atoms with Crippen molar-refractivity contribution in [2.24, 2.45) is 0 Å². The normalized spacial score (nSPS) is 11.7. The molecule has 1 amide bonds. The number of benzene rings is 1. The van der Waals surface area contributed by atoms with E-state index in [1.165, 1.54) is 15.6 Å². The van der Waals surface area contributed by atoms with E-state index < -0.39 is 10.0 Å². The van der Waals surface area contributed by atoms with Gasteiger partial charge >= 0.3 is 0 Å². The lowest BCUT2D eigenvalue weighted by Crippen LogP contribution is -2.30. The average molecular weight is 387 g/mol. The fourth-order valence-electron chi connectivity index (χ4n) is 2.18. The first-order chi connectivity index (χ1) is 11.4. The van der Waals surface area contributed by atoms with E-state index in [4.69, 9.17) is 11.6 Å². The monoisotopic (exact) mass is 386 g/mol. The van der Waals surface area contributed by atoms with Crippen LogP contribution in [-0.2, 0) is 16.6 Å². The van der Waals surface area contributed by atoms with Crippen LogP contribution in [-0.4, -0.2) is 31.7 Å². The molecule has 0 fully saturated rings. The molecule has 5 nitrogen and oxygen atoms in total. The molecule has 8 heteroatoms. The van der Waals surface area contributed by atoms with E-state index in [9.17, 15) is 13.2 Å². The highest BCUT2D eigenvalue weighted by Crippen LogP contribution is 2.25. The third-order valence-corrected chi connectivity index (χ3v) is 7.28. The van der Waals surface area contributed by atoms with Gasteiger partial charge in [-0.05, 0) is 30.3 Å². The lowest BCUT2D eigenvalue weighted by Gasteiger charge is -2.16. The van der Waals surface area contributed by atoms with Gasteiger partial charge in [0.1, 0.15) is 4.21 Å². The van der Waals surface area contributed by atoms with E-state index >= 15 is 0 Å². The molecule has 0 atom stereocenters. The number of hydrogen-bond acceptors (Lipinski definition) is 4. The summed E-state index contributed by atoms with van der Waals surface area (Å²) in [6, 6.07) is 9.96. The Morgan fingerprint density at radius 2 is 1.92 bits per heavy atom. The van der Waals surface area contributed by atoms with Crippen LogP contribution in [0.1, 0.15) is 29.1 Å². The number of carbonyl (C=O) groups excluding carboxylic acids is 1. The summed E-state index contributed by atoms with van der Waals surface area (Å²) in [7, 11) is -3.46. The summed E-state index contributed by atoms with van der Waals surface area (Å²) in [5.41, 5.74) is 0.468. The molecule has 0 saturated heterocycles. The number of amides is 1. The van der Waals surface area contributed by atoms with E-state index in [1.807, 2.05) is 0 Å². The zero-order valence-electron chi connectivity index (χ0n) is 13.5. The minimum Gasteiger partial charge on any atom is -0.347 e. The van der Waals surface area contributed by atoms with Gasteiger partial charge in [-0.3, -0.25) is 4.79 Å². The maximum absolute atomic E-state index is 12.4. The Bertz CT molecular complexity index is 814. The van der Waals surface area contributed by atoms with Gasteiger partial charge in [-0.15, -0.1) is 11.3 Å². The highest BCUT2D eigenvalue weighted by atomic mass is 35.5. The van der Waals surface area contributed by atoms with Crippen LogP contribution < -0.4 is 5.32 Å². The maximum atomic E-state index is 12.4. The van der Waals surface area contributed by atoms with Gasteiger partial charge in [0.15, 0.2) is 0 Å². The molecule has 1 heterocycles. The van der Waals surface area contributed by atoms with Crippen molar-refractivity contribution in [2.75, 3.05) is 13.1 Å². The Hall–Kier alpha value is -1.41. The van der Waals surface area contributed by atoms with Crippen LogP contribution >= 0.6 is 22.9 Å². The number of carbonyl (C=O) groups is 1. The van der Waals surface area contributed by atoms with Gasteiger partial charge < -0.3 is 5.32 Å². The number of rotatable bonds is 7. The number of sulfonamides is 1. The minimum atomic E-state index is -3.46. The fraction of sp³-hybridized carbons (Fsp3) is 0.312. The maximum Gasteiger partial charge on any atom is 0.252 e. The second kappa shape index (κ2) is 8.11. The molecule has 0 radical (unpaired) electrons. The second-order valence-corrected chi connectivity index (χ2v) is 8.77. The van der Waals surface area contributed by atoms with Crippen LogP contribution in [0.15, 0.2) is 40.6 Å². The topological polar surface area (TPSA) is 66.5 Å². The first-order valence-electron chi connectivity index (χ1n) is 7.51. The predicted octanol–water partition coefficient (Wildman–Crippen LogP) is 3.36. The van der Waals surface area contributed by atoms with Crippen molar-refractivity contribution in [1.82, 2.24) is 9.62 Å². The molecule has 130 valence electrons. The molecular formula is C16H19ClN2O3S2. The summed E-state index contributed by atoms with van der Waals surface area (Å²) in [5.74, 6) is -0.251. The molecule has 2 rings (SSSR count). The first kappa shape index (κ1) is 18.9. The number of halogens is 1. The van der Waals surface area contributed by atoms with Crippen LogP contribution in [0, 0.1) is 0 Å². The van der Waals surface area contributed by atoms with E-state index in [0.29, 0.717) is 27.9 Å². The summed E-state index contributed by atoms with van der Waals surface area (Å²) in [5, 5.41) is 3.26. The van der Waals surface area contributed by atoms with Crippen molar-refractivity contribution in [2.45, 2.75) is 24.6 Å². The Kier molecular flexibility index (Phi) is 6.40. The highest BCUT2D eigenvalue weighted by molar-refractivity contribution is 7.91. The third-order valence-electron chi connectivity index (χ3n) is 3.45. The van der Waals surface area contributed by atoms with Gasteiger partial charge in [-0.2, -0.15) is 4.31 Å². The van der Waals surface area contributed by atoms with Crippen LogP contribution in [0.4, 0.5) is 0 Å². The van der Waals surface area contributed by atoms with Crippen molar-refractivity contribution in [3.05, 3.63) is 51.9 Å². The van der Waals surface area contributed by atoms with Crippen molar-refractivity contribution in [1.29, 1.82) is 0 Å². The quantitative estimate of drug-likeness (QED) is 0.793. The van der Waals surface area contributed by atoms with Gasteiger partial charge in [0, 0.05) is 28.6 Å². The Labute approximate surface area is 151 Å². The van der Waals surface area contributed by atoms with Crippen LogP contribution in [0.5, 0.6) is 0 Å². The smallest absolute Gasteiger partial charge is 0.252 e. The van der Waals surface area contributed by atoms with Gasteiger partial charge in [-0.1, -0.05) is 31.5 Å². The molecular weight excluding hydrogens is 368 g/mol. The van der Waals surface area contributed by atoms with E-state index in [0.717, 1.165) is 4.88 Å². The van der Waals surface area contributed by atoms with Gasteiger partial charge in [0.05, 0.1) is 6.54 Å². The first-order valence-corrected chi connectivity index (χ1v) is 10.1. The van der Waals surface area contributed by atoms with E-state index in [-0.39, 0.29) is 12.5 Å². The van der Waals surface area contributed by atoms with Gasteiger partial charge in [0.25, 0.3) is 15.9 Å². The summed E-state index contributed by atoms with van der Waals surface area (Å²) in [6.07, 6.45) is 0. The molecule has 0 bridgehead atoms. The van der Waals surface area contributed by atoms with Crippen molar-refractivity contribution in [3.8, 4) is 0 Å². The molecule has 0 spiro atoms. The zero-order valence-corrected chi connectivity index (χ0v) is 15.8. The molecule has 24 heavy (non-hydrogen) atoms. The zero-order chi connectivity index (χ0) is 17.7. The van der Waals surface area contributed by atoms with Crippen LogP contribution in [0.2, 0.25) is 5.02 Å². The molecule has 1 aromatic heterocycles. The Morgan fingerprint density at radius 1 is 1.21 bits per heavy atom. The predicted molar refractivity (Wildman–Crippen MR) is 97.0 cm³/mol. The molecule has 2 aromatic rings. The largest absolute Gasteiger partial charge is 0.347 e. The lowest BCUT2D eigenvalue weighted by atomic mass is 10.2. The summed E-state index contributed by atoms with van der Waals surface area (Å²) >= 11 is 7.04. The SMILES string of the molecule is CCN(CC)S(=O)(=O)c1ccc(CNC(=O)c2cccc(Cl)c2)s1. The molecule has 1 N–H and O–H groups in total. The van der Waals surface area contributed by atoms with E-state index in [2.05, 4.69) is 5.32 Å². The molecule has 1 aromatic carbocycles. The van der Waals surface area contributed by atoms with E-state index in [1.54, 1.807) is 50.2 Å². The Morgan fingerprint density at radius 3 is 2.54 bits per heavy atom. The number of hydrogen-bond donors (Lipinski definition) is 1. The van der Waals surface area contributed by atoms with Crippen molar-refractivity contribution >= 4 is 38.9 Å². The van der Waals surface area contributed by atoms with Crippen molar-refractivity contribution in [3.63, 3.8) is 0 Å². The van der Waals surface area contributed by atoms with Crippen LogP contribution in [0.3, 0.4) is 0 Å². The highest BCUT2D eigenvalue weighted by Gasteiger charge is 2.23. The minimum absolute atomic E-state index is 0.251. The number of nitrogens with one attached hydrogen (secondary N) is 1. The summed E-state index contributed by atoms with van der Waals surface area (Å²) < 4.78 is 26.6. The fourth-order valence-corrected chi connectivity index (χ4v) is 5.28. The summed E-state index contributed by atoms with van der Waals surface area (Å²) in [4.78, 5) is 12.9. The molecule has 0 aliphatic rings. The third kappa shape index (κ3) is 4.36. The van der Waals surface area contributed by atoms with Crippen LogP contribution in [0.25, 0.3) is 0 Å². The number of thiophene rings is 1. The Balaban J connectivity index is 2.05. The lowest BCUT2D eigenvalue weighted by molar-refractivity contribution is 0.0951. The molecule has 0 aliphatic heterocycles. The molecule has 0 saturated carbocycles.